The van der Waals surface area contributed by atoms with Gasteiger partial charge in [-0.05, 0) is 35.0 Å². The van der Waals surface area contributed by atoms with E-state index in [1.54, 1.807) is 24.3 Å². The SMILES string of the molecule is O=C(COC(=O)COc1ccc2ccccc2c1)Nc1ccc2c(c1)OCCO2. The number of carbonyl (C=O) groups excluding carboxylic acids is 2. The minimum Gasteiger partial charge on any atom is -0.486 e. The lowest BCUT2D eigenvalue weighted by atomic mass is 10.1. The lowest BCUT2D eigenvalue weighted by molar-refractivity contribution is -0.149. The highest BCUT2D eigenvalue weighted by Crippen LogP contribution is 2.32. The minimum absolute atomic E-state index is 0.282. The van der Waals surface area contributed by atoms with E-state index in [0.29, 0.717) is 36.1 Å². The molecule has 7 nitrogen and oxygen atoms in total. The molecule has 0 bridgehead atoms. The molecular formula is C22H19NO6. The van der Waals surface area contributed by atoms with Crippen molar-refractivity contribution in [1.29, 1.82) is 0 Å². The number of amides is 1. The molecule has 3 aromatic carbocycles. The van der Waals surface area contributed by atoms with Gasteiger partial charge in [0.1, 0.15) is 19.0 Å². The molecule has 0 atom stereocenters. The van der Waals surface area contributed by atoms with Gasteiger partial charge in [0.25, 0.3) is 5.91 Å². The molecule has 29 heavy (non-hydrogen) atoms. The van der Waals surface area contributed by atoms with Crippen LogP contribution in [0.4, 0.5) is 5.69 Å². The summed E-state index contributed by atoms with van der Waals surface area (Å²) < 4.78 is 21.3. The predicted molar refractivity (Wildman–Crippen MR) is 106 cm³/mol. The normalized spacial score (nSPS) is 12.3. The van der Waals surface area contributed by atoms with Gasteiger partial charge in [-0.25, -0.2) is 4.79 Å². The van der Waals surface area contributed by atoms with Gasteiger partial charge in [0, 0.05) is 11.8 Å². The van der Waals surface area contributed by atoms with Crippen molar-refractivity contribution in [3.63, 3.8) is 0 Å². The van der Waals surface area contributed by atoms with Crippen LogP contribution in [-0.4, -0.2) is 38.3 Å². The standard InChI is InChI=1S/C22H19NO6/c24-21(23-17-6-8-19-20(12-17)27-10-9-26-19)13-29-22(25)14-28-18-7-5-15-3-1-2-4-16(15)11-18/h1-8,11-12H,9-10,13-14H2,(H,23,24). The summed E-state index contributed by atoms with van der Waals surface area (Å²) in [6.07, 6.45) is 0. The highest BCUT2D eigenvalue weighted by Gasteiger charge is 2.14. The first-order valence-corrected chi connectivity index (χ1v) is 9.14. The van der Waals surface area contributed by atoms with Gasteiger partial charge in [0.15, 0.2) is 24.7 Å². The fraction of sp³-hybridized carbons (Fsp3) is 0.182. The zero-order valence-corrected chi connectivity index (χ0v) is 15.6. The van der Waals surface area contributed by atoms with Gasteiger partial charge in [-0.15, -0.1) is 0 Å². The summed E-state index contributed by atoms with van der Waals surface area (Å²) >= 11 is 0. The Labute approximate surface area is 167 Å². The Balaban J connectivity index is 1.24. The molecule has 1 aliphatic heterocycles. The number of anilines is 1. The summed E-state index contributed by atoms with van der Waals surface area (Å²) in [5, 5.41) is 4.74. The van der Waals surface area contributed by atoms with Crippen LogP contribution < -0.4 is 19.5 Å². The summed E-state index contributed by atoms with van der Waals surface area (Å²) in [4.78, 5) is 23.9. The molecule has 0 aliphatic carbocycles. The number of hydrogen-bond donors (Lipinski definition) is 1. The summed E-state index contributed by atoms with van der Waals surface area (Å²) in [6, 6.07) is 18.5. The van der Waals surface area contributed by atoms with E-state index in [9.17, 15) is 9.59 Å². The second-order valence-corrected chi connectivity index (χ2v) is 6.36. The maximum atomic E-state index is 12.0. The minimum atomic E-state index is -0.629. The maximum absolute atomic E-state index is 12.0. The maximum Gasteiger partial charge on any atom is 0.344 e. The van der Waals surface area contributed by atoms with Crippen molar-refractivity contribution in [3.8, 4) is 17.2 Å². The summed E-state index contributed by atoms with van der Waals surface area (Å²) in [5.41, 5.74) is 0.530. The quantitative estimate of drug-likeness (QED) is 0.648. The fourth-order valence-electron chi connectivity index (χ4n) is 2.91. The zero-order chi connectivity index (χ0) is 20.1. The largest absolute Gasteiger partial charge is 0.486 e. The fourth-order valence-corrected chi connectivity index (χ4v) is 2.91. The summed E-state index contributed by atoms with van der Waals surface area (Å²) in [6.45, 7) is 0.263. The van der Waals surface area contributed by atoms with Gasteiger partial charge in [0.2, 0.25) is 0 Å². The highest BCUT2D eigenvalue weighted by molar-refractivity contribution is 5.93. The van der Waals surface area contributed by atoms with Gasteiger partial charge in [0.05, 0.1) is 0 Å². The first kappa shape index (κ1) is 18.6. The van der Waals surface area contributed by atoms with Gasteiger partial charge in [-0.1, -0.05) is 30.3 Å². The van der Waals surface area contributed by atoms with E-state index in [1.165, 1.54) is 0 Å². The van der Waals surface area contributed by atoms with Crippen molar-refractivity contribution in [2.75, 3.05) is 31.7 Å². The number of fused-ring (bicyclic) bond motifs is 2. The van der Waals surface area contributed by atoms with Gasteiger partial charge in [-0.3, -0.25) is 4.79 Å². The molecule has 7 heteroatoms. The number of benzene rings is 3. The molecule has 0 unspecified atom stereocenters. The molecule has 0 fully saturated rings. The lowest BCUT2D eigenvalue weighted by Gasteiger charge is -2.19. The first-order valence-electron chi connectivity index (χ1n) is 9.14. The van der Waals surface area contributed by atoms with E-state index >= 15 is 0 Å². The van der Waals surface area contributed by atoms with Crippen molar-refractivity contribution >= 4 is 28.3 Å². The van der Waals surface area contributed by atoms with Gasteiger partial charge >= 0.3 is 5.97 Å². The molecule has 3 aromatic rings. The average molecular weight is 393 g/mol. The van der Waals surface area contributed by atoms with Crippen molar-refractivity contribution < 1.29 is 28.5 Å². The molecule has 148 valence electrons. The second kappa shape index (κ2) is 8.52. The molecule has 0 saturated heterocycles. The third-order valence-electron chi connectivity index (χ3n) is 4.27. The van der Waals surface area contributed by atoms with E-state index in [1.807, 2.05) is 36.4 Å². The number of rotatable bonds is 6. The topological polar surface area (TPSA) is 83.1 Å². The van der Waals surface area contributed by atoms with Crippen LogP contribution in [0.2, 0.25) is 0 Å². The van der Waals surface area contributed by atoms with Crippen molar-refractivity contribution in [3.05, 3.63) is 60.7 Å². The van der Waals surface area contributed by atoms with E-state index in [-0.39, 0.29) is 6.61 Å². The third-order valence-corrected chi connectivity index (χ3v) is 4.27. The molecule has 1 N–H and O–H groups in total. The molecule has 4 rings (SSSR count). The molecule has 0 saturated carbocycles. The predicted octanol–water partition coefficient (Wildman–Crippen LogP) is 3.17. The number of nitrogens with one attached hydrogen (secondary N) is 1. The zero-order valence-electron chi connectivity index (χ0n) is 15.6. The van der Waals surface area contributed by atoms with Crippen LogP contribution in [0.15, 0.2) is 60.7 Å². The highest BCUT2D eigenvalue weighted by atomic mass is 16.6. The molecule has 0 spiro atoms. The second-order valence-electron chi connectivity index (χ2n) is 6.36. The van der Waals surface area contributed by atoms with Crippen molar-refractivity contribution in [2.24, 2.45) is 0 Å². The lowest BCUT2D eigenvalue weighted by Crippen LogP contribution is -2.23. The molecule has 0 radical (unpaired) electrons. The molecule has 1 aliphatic rings. The molecule has 0 aromatic heterocycles. The van der Waals surface area contributed by atoms with Gasteiger partial charge < -0.3 is 24.3 Å². The number of esters is 1. The van der Waals surface area contributed by atoms with E-state index < -0.39 is 18.5 Å². The Morgan fingerprint density at radius 2 is 1.66 bits per heavy atom. The number of ether oxygens (including phenoxy) is 4. The molecule has 1 amide bonds. The van der Waals surface area contributed by atoms with Crippen LogP contribution in [-0.2, 0) is 14.3 Å². The Morgan fingerprint density at radius 3 is 2.52 bits per heavy atom. The van der Waals surface area contributed by atoms with Crippen LogP contribution >= 0.6 is 0 Å². The number of carbonyl (C=O) groups is 2. The first-order chi connectivity index (χ1) is 14.2. The summed E-state index contributed by atoms with van der Waals surface area (Å²) in [5.74, 6) is 0.666. The van der Waals surface area contributed by atoms with Crippen molar-refractivity contribution in [1.82, 2.24) is 0 Å². The Kier molecular flexibility index (Phi) is 5.47. The average Bonchev–Trinajstić information content (AvgIpc) is 2.76. The van der Waals surface area contributed by atoms with Crippen LogP contribution in [0.1, 0.15) is 0 Å². The van der Waals surface area contributed by atoms with Gasteiger partial charge in [-0.2, -0.15) is 0 Å². The molecule has 1 heterocycles. The van der Waals surface area contributed by atoms with Crippen LogP contribution in [0.5, 0.6) is 17.2 Å². The Hall–Kier alpha value is -3.74. The number of hydrogen-bond acceptors (Lipinski definition) is 6. The Bertz CT molecular complexity index is 1050. The molecular weight excluding hydrogens is 374 g/mol. The monoisotopic (exact) mass is 393 g/mol. The van der Waals surface area contributed by atoms with E-state index in [4.69, 9.17) is 18.9 Å². The third kappa shape index (κ3) is 4.76. The van der Waals surface area contributed by atoms with E-state index in [0.717, 1.165) is 10.8 Å². The van der Waals surface area contributed by atoms with Crippen LogP contribution in [0.25, 0.3) is 10.8 Å². The summed E-state index contributed by atoms with van der Waals surface area (Å²) in [7, 11) is 0. The van der Waals surface area contributed by atoms with E-state index in [2.05, 4.69) is 5.32 Å². The Morgan fingerprint density at radius 1 is 0.862 bits per heavy atom. The van der Waals surface area contributed by atoms with Crippen LogP contribution in [0.3, 0.4) is 0 Å². The van der Waals surface area contributed by atoms with Crippen LogP contribution in [0, 0.1) is 0 Å². The smallest absolute Gasteiger partial charge is 0.344 e. The van der Waals surface area contributed by atoms with Crippen molar-refractivity contribution in [2.45, 2.75) is 0 Å².